The van der Waals surface area contributed by atoms with E-state index in [9.17, 15) is 29.1 Å². The molecule has 1 aliphatic heterocycles. The maximum absolute atomic E-state index is 14.9. The van der Waals surface area contributed by atoms with Crippen molar-refractivity contribution in [3.05, 3.63) is 95.6 Å². The highest BCUT2D eigenvalue weighted by molar-refractivity contribution is 5.79. The lowest BCUT2D eigenvalue weighted by Gasteiger charge is -2.58. The summed E-state index contributed by atoms with van der Waals surface area (Å²) < 4.78 is 30.6. The van der Waals surface area contributed by atoms with Gasteiger partial charge < -0.3 is 43.9 Å². The number of carboxylic acid groups (broad SMARTS) is 1. The van der Waals surface area contributed by atoms with Crippen LogP contribution in [0, 0.1) is 52.8 Å². The summed E-state index contributed by atoms with van der Waals surface area (Å²) in [6.07, 6.45) is 55.7. The number of unbranched alkanes of at least 4 members (excludes halogenated alkanes) is 32. The second-order valence-electron chi connectivity index (χ2n) is 35.6. The highest BCUT2D eigenvalue weighted by atomic mass is 16.6. The first-order valence-corrected chi connectivity index (χ1v) is 46.0. The molecule has 8 rings (SSSR count). The van der Waals surface area contributed by atoms with E-state index >= 15 is 0 Å². The SMILES string of the molecule is CCCCCCCCCCCCCCCCCCN(CCCCCCCCCCCCCCCCCC)C(=O)CCC(C)C1CCC2C3CCC4CC(OC(=O)NCCCCCC(=O)N5CC(OC(=O)CCC(=O)O)CC5C(OCc5ccc(OC)cc5)(c5ccccc5)c5ccc(OC)cc5)CC(C)C4C3CCC12C. The quantitative estimate of drug-likeness (QED) is 0.0407. The van der Waals surface area contributed by atoms with Crippen molar-refractivity contribution in [1.82, 2.24) is 15.1 Å². The molecular weight excluding hydrogens is 1380 g/mol. The summed E-state index contributed by atoms with van der Waals surface area (Å²) in [6.45, 7) is 14.8. The molecule has 14 heteroatoms. The molecule has 14 nitrogen and oxygen atoms in total. The van der Waals surface area contributed by atoms with Crippen molar-refractivity contribution in [2.45, 2.75) is 380 Å². The lowest BCUT2D eigenvalue weighted by molar-refractivity contribution is -0.152. The monoisotopic (exact) mass is 1540 g/mol. The number of aliphatic carboxylic acids is 1. The maximum atomic E-state index is 14.9. The number of carboxylic acids is 1. The van der Waals surface area contributed by atoms with Gasteiger partial charge in [0.2, 0.25) is 11.8 Å². The predicted octanol–water partition coefficient (Wildman–Crippen LogP) is 24.5. The van der Waals surface area contributed by atoms with E-state index in [1.807, 2.05) is 78.9 Å². The zero-order valence-corrected chi connectivity index (χ0v) is 71.0. The highest BCUT2D eigenvalue weighted by Crippen LogP contribution is 2.66. The summed E-state index contributed by atoms with van der Waals surface area (Å²) >= 11 is 0. The van der Waals surface area contributed by atoms with Crippen LogP contribution in [0.5, 0.6) is 11.5 Å². The number of carbonyl (C=O) groups excluding carboxylic acids is 4. The molecule has 0 spiro atoms. The zero-order chi connectivity index (χ0) is 78.9. The lowest BCUT2D eigenvalue weighted by atomic mass is 9.47. The smallest absolute Gasteiger partial charge is 0.407 e. The molecule has 13 atom stereocenters. The fourth-order valence-corrected chi connectivity index (χ4v) is 21.5. The van der Waals surface area contributed by atoms with Crippen molar-refractivity contribution in [2.75, 3.05) is 40.4 Å². The Morgan fingerprint density at radius 1 is 0.550 bits per heavy atom. The second kappa shape index (κ2) is 50.7. The molecule has 4 saturated carbocycles. The van der Waals surface area contributed by atoms with E-state index in [0.29, 0.717) is 84.6 Å². The van der Waals surface area contributed by atoms with Crippen LogP contribution in [0.4, 0.5) is 4.79 Å². The van der Waals surface area contributed by atoms with Gasteiger partial charge in [0, 0.05) is 38.9 Å². The number of methoxy groups -OCH3 is 2. The highest BCUT2D eigenvalue weighted by Gasteiger charge is 2.59. The number of nitrogens with zero attached hydrogens (tertiary/aromatic N) is 2. The number of ether oxygens (including phenoxy) is 5. The molecule has 3 aromatic rings. The third kappa shape index (κ3) is 29.3. The number of amides is 3. The van der Waals surface area contributed by atoms with E-state index in [1.165, 1.54) is 231 Å². The Hall–Kier alpha value is -5.63. The van der Waals surface area contributed by atoms with Crippen LogP contribution in [0.2, 0.25) is 0 Å². The van der Waals surface area contributed by atoms with Gasteiger partial charge >= 0.3 is 18.0 Å². The van der Waals surface area contributed by atoms with Gasteiger partial charge in [-0.2, -0.15) is 0 Å². The van der Waals surface area contributed by atoms with Gasteiger partial charge in [-0.25, -0.2) is 4.79 Å². The molecule has 624 valence electrons. The van der Waals surface area contributed by atoms with Crippen molar-refractivity contribution >= 4 is 29.8 Å². The minimum Gasteiger partial charge on any atom is -0.497 e. The minimum atomic E-state index is -1.26. The Bertz CT molecular complexity index is 3040. The first-order chi connectivity index (χ1) is 54.1. The van der Waals surface area contributed by atoms with Crippen LogP contribution in [0.15, 0.2) is 78.9 Å². The standard InChI is InChI=1S/C97H155N3O11/c1-8-10-12-14-16-18-20-22-24-26-28-30-32-34-36-44-68-99(69-45-37-35-33-31-29-27-25-23-21-19-17-15-13-11-9-2)90(101)62-49-75(3)87-60-61-88-85-59-52-78-71-83(70-76(4)94(78)86(85)65-66-96(87,88)5)111-95(106)98-67-43-39-42-48-91(102)100-73-84(110-93(105)64-63-92(103)104)72-89(100)97(79-46-40-38-41-47-79,80-53-57-82(108-7)58-54-80)109-74-77-50-55-81(107-6)56-51-77/h38,40-41,46-47,50-51,53-58,75-76,78,83-89,94H,8-37,39,42-45,48-49,52,59-74H2,1-7H3,(H,98,106)(H,103,104). The Balaban J connectivity index is 0.770. The van der Waals surface area contributed by atoms with Crippen LogP contribution >= 0.6 is 0 Å². The Morgan fingerprint density at radius 3 is 1.61 bits per heavy atom. The maximum Gasteiger partial charge on any atom is 0.407 e. The van der Waals surface area contributed by atoms with Gasteiger partial charge in [-0.3, -0.25) is 19.2 Å². The molecule has 2 N–H and O–H groups in total. The van der Waals surface area contributed by atoms with Crippen LogP contribution in [0.3, 0.4) is 0 Å². The third-order valence-electron chi connectivity index (χ3n) is 27.6. The van der Waals surface area contributed by atoms with E-state index in [4.69, 9.17) is 23.7 Å². The molecule has 3 aromatic carbocycles. The predicted molar refractivity (Wildman–Crippen MR) is 451 cm³/mol. The number of hydrogen-bond acceptors (Lipinski definition) is 10. The largest absolute Gasteiger partial charge is 0.497 e. The van der Waals surface area contributed by atoms with Crippen molar-refractivity contribution in [1.29, 1.82) is 0 Å². The molecule has 0 aromatic heterocycles. The fourth-order valence-electron chi connectivity index (χ4n) is 21.5. The number of likely N-dealkylation sites (tertiary alicyclic amines) is 1. The Morgan fingerprint density at radius 2 is 1.07 bits per heavy atom. The molecule has 3 amide bonds. The molecule has 0 bridgehead atoms. The average Bonchev–Trinajstić information content (AvgIpc) is 1.69. The van der Waals surface area contributed by atoms with Crippen LogP contribution in [-0.4, -0.2) is 103 Å². The van der Waals surface area contributed by atoms with Gasteiger partial charge in [0.05, 0.1) is 46.3 Å². The summed E-state index contributed by atoms with van der Waals surface area (Å²) in [6, 6.07) is 24.5. The van der Waals surface area contributed by atoms with E-state index in [1.54, 1.807) is 19.1 Å². The van der Waals surface area contributed by atoms with E-state index in [2.05, 4.69) is 44.8 Å². The Kier molecular flexibility index (Phi) is 41.5. The second-order valence-corrected chi connectivity index (χ2v) is 35.6. The lowest BCUT2D eigenvalue weighted by Crippen LogP contribution is -2.52. The Labute approximate surface area is 674 Å². The number of carbonyl (C=O) groups is 5. The first kappa shape index (κ1) is 90.9. The molecule has 1 saturated heterocycles. The molecule has 1 heterocycles. The van der Waals surface area contributed by atoms with Gasteiger partial charge in [0.15, 0.2) is 0 Å². The molecule has 0 radical (unpaired) electrons. The normalized spacial score (nSPS) is 23.5. The van der Waals surface area contributed by atoms with Crippen molar-refractivity contribution in [3.63, 3.8) is 0 Å². The van der Waals surface area contributed by atoms with Crippen LogP contribution in [0.1, 0.15) is 366 Å². The number of fused-ring (bicyclic) bond motifs is 5. The number of benzene rings is 3. The number of rotatable bonds is 57. The average molecular weight is 1540 g/mol. The van der Waals surface area contributed by atoms with E-state index < -0.39 is 29.7 Å². The van der Waals surface area contributed by atoms with Crippen LogP contribution in [-0.2, 0) is 45.6 Å². The molecule has 111 heavy (non-hydrogen) atoms. The molecule has 5 fully saturated rings. The first-order valence-electron chi connectivity index (χ1n) is 46.0. The summed E-state index contributed by atoms with van der Waals surface area (Å²) in [5.41, 5.74) is 1.56. The molecular formula is C97H155N3O11. The summed E-state index contributed by atoms with van der Waals surface area (Å²) in [5.74, 6) is 5.17. The van der Waals surface area contributed by atoms with Gasteiger partial charge in [0.25, 0.3) is 0 Å². The molecule has 5 aliphatic rings. The molecule has 13 unspecified atom stereocenters. The van der Waals surface area contributed by atoms with Crippen molar-refractivity contribution in [2.24, 2.45) is 52.8 Å². The number of nitrogens with one attached hydrogen (secondary N) is 1. The van der Waals surface area contributed by atoms with E-state index in [0.717, 1.165) is 79.6 Å². The minimum absolute atomic E-state index is 0.0998. The van der Waals surface area contributed by atoms with Gasteiger partial charge in [-0.15, -0.1) is 0 Å². The summed E-state index contributed by atoms with van der Waals surface area (Å²) in [4.78, 5) is 71.7. The van der Waals surface area contributed by atoms with E-state index in [-0.39, 0.29) is 56.9 Å². The topological polar surface area (TPSA) is 170 Å². The van der Waals surface area contributed by atoms with Crippen LogP contribution < -0.4 is 14.8 Å². The fraction of sp³-hybridized carbons (Fsp3) is 0.763. The van der Waals surface area contributed by atoms with Crippen molar-refractivity contribution < 1.29 is 52.8 Å². The third-order valence-corrected chi connectivity index (χ3v) is 27.6. The van der Waals surface area contributed by atoms with Crippen LogP contribution in [0.25, 0.3) is 0 Å². The molecule has 4 aliphatic carbocycles. The summed E-state index contributed by atoms with van der Waals surface area (Å²) in [7, 11) is 3.24. The van der Waals surface area contributed by atoms with Gasteiger partial charge in [-0.05, 0) is 177 Å². The zero-order valence-electron chi connectivity index (χ0n) is 71.0. The number of esters is 1. The summed E-state index contributed by atoms with van der Waals surface area (Å²) in [5, 5.41) is 12.5. The van der Waals surface area contributed by atoms with Crippen molar-refractivity contribution in [3.8, 4) is 11.5 Å². The number of hydrogen-bond donors (Lipinski definition) is 2. The number of alkyl carbamates (subject to hydrolysis) is 1. The van der Waals surface area contributed by atoms with Gasteiger partial charge in [0.1, 0.15) is 29.3 Å². The van der Waals surface area contributed by atoms with Gasteiger partial charge in [-0.1, -0.05) is 288 Å².